The zero-order chi connectivity index (χ0) is 19.5. The molecule has 0 amide bonds. The Morgan fingerprint density at radius 1 is 1.31 bits per heavy atom. The van der Waals surface area contributed by atoms with Crippen molar-refractivity contribution in [2.45, 2.75) is 75.7 Å². The van der Waals surface area contributed by atoms with Crippen LogP contribution in [0.4, 0.5) is 0 Å². The molecule has 1 saturated heterocycles. The van der Waals surface area contributed by atoms with Crippen LogP contribution < -0.4 is 0 Å². The van der Waals surface area contributed by atoms with Gasteiger partial charge in [0.25, 0.3) is 0 Å². The maximum atomic E-state index is 11.5. The highest BCUT2D eigenvalue weighted by atomic mass is 79.9. The van der Waals surface area contributed by atoms with E-state index in [4.69, 9.17) is 14.2 Å². The van der Waals surface area contributed by atoms with E-state index in [9.17, 15) is 9.59 Å². The van der Waals surface area contributed by atoms with Crippen LogP contribution in [-0.2, 0) is 23.8 Å². The van der Waals surface area contributed by atoms with E-state index >= 15 is 0 Å². The molecule has 0 N–H and O–H groups in total. The van der Waals surface area contributed by atoms with Gasteiger partial charge in [-0.05, 0) is 18.9 Å². The van der Waals surface area contributed by atoms with Gasteiger partial charge in [-0.15, -0.1) is 5.73 Å². The summed E-state index contributed by atoms with van der Waals surface area (Å²) < 4.78 is 16.9. The van der Waals surface area contributed by atoms with Gasteiger partial charge in [0.1, 0.15) is 12.2 Å². The lowest BCUT2D eigenvalue weighted by atomic mass is 10.0. The van der Waals surface area contributed by atoms with Crippen molar-refractivity contribution < 1.29 is 23.8 Å². The average Bonchev–Trinajstić information content (AvgIpc) is 2.93. The molecule has 0 saturated carbocycles. The SMILES string of the molecule is CC/C=C/C[C@H](Br)[C@H](C[C@H]1O[C@@H](C=C=CBr)C[C@H]1OC(C)=O)OC(C)=O. The molecule has 5 nitrogen and oxygen atoms in total. The lowest BCUT2D eigenvalue weighted by Crippen LogP contribution is -2.35. The summed E-state index contributed by atoms with van der Waals surface area (Å²) in [4.78, 5) is 24.5. The molecule has 146 valence electrons. The molecular formula is C19H26Br2O5. The Balaban J connectivity index is 2.85. The van der Waals surface area contributed by atoms with Gasteiger partial charge in [-0.2, -0.15) is 0 Å². The minimum atomic E-state index is -0.383. The topological polar surface area (TPSA) is 61.8 Å². The number of alkyl halides is 1. The largest absolute Gasteiger partial charge is 0.461 e. The normalized spacial score (nSPS) is 24.6. The van der Waals surface area contributed by atoms with Gasteiger partial charge in [-0.1, -0.05) is 50.9 Å². The zero-order valence-corrected chi connectivity index (χ0v) is 18.5. The first-order valence-corrected chi connectivity index (χ1v) is 10.5. The maximum Gasteiger partial charge on any atom is 0.302 e. The third-order valence-electron chi connectivity index (χ3n) is 3.84. The number of esters is 2. The molecule has 0 aromatic carbocycles. The van der Waals surface area contributed by atoms with E-state index in [1.165, 1.54) is 13.8 Å². The van der Waals surface area contributed by atoms with Gasteiger partial charge >= 0.3 is 11.9 Å². The quantitative estimate of drug-likeness (QED) is 0.203. The summed E-state index contributed by atoms with van der Waals surface area (Å²) in [5.41, 5.74) is 2.92. The lowest BCUT2D eigenvalue weighted by Gasteiger charge is -2.26. The van der Waals surface area contributed by atoms with Crippen molar-refractivity contribution in [2.24, 2.45) is 0 Å². The molecule has 5 atom stereocenters. The fourth-order valence-corrected chi connectivity index (χ4v) is 3.49. The summed E-state index contributed by atoms with van der Waals surface area (Å²) in [5.74, 6) is -0.700. The fourth-order valence-electron chi connectivity index (χ4n) is 2.80. The van der Waals surface area contributed by atoms with Crippen LogP contribution in [0.5, 0.6) is 0 Å². The van der Waals surface area contributed by atoms with Crippen molar-refractivity contribution in [2.75, 3.05) is 0 Å². The Kier molecular flexibility index (Phi) is 11.1. The second-order valence-electron chi connectivity index (χ2n) is 6.05. The van der Waals surface area contributed by atoms with E-state index in [0.717, 1.165) is 12.8 Å². The average molecular weight is 494 g/mol. The van der Waals surface area contributed by atoms with Gasteiger partial charge < -0.3 is 14.2 Å². The molecule has 0 aliphatic carbocycles. The van der Waals surface area contributed by atoms with E-state index < -0.39 is 0 Å². The maximum absolute atomic E-state index is 11.5. The van der Waals surface area contributed by atoms with E-state index in [1.54, 1.807) is 11.1 Å². The number of ether oxygens (including phenoxy) is 3. The third-order valence-corrected chi connectivity index (χ3v) is 5.07. The van der Waals surface area contributed by atoms with Crippen LogP contribution in [0.3, 0.4) is 0 Å². The van der Waals surface area contributed by atoms with Crippen molar-refractivity contribution in [3.05, 3.63) is 28.9 Å². The smallest absolute Gasteiger partial charge is 0.302 e. The van der Waals surface area contributed by atoms with E-state index in [1.807, 2.05) is 0 Å². The van der Waals surface area contributed by atoms with E-state index in [2.05, 4.69) is 56.7 Å². The van der Waals surface area contributed by atoms with Crippen LogP contribution in [0, 0.1) is 0 Å². The van der Waals surface area contributed by atoms with Crippen molar-refractivity contribution in [3.8, 4) is 0 Å². The van der Waals surface area contributed by atoms with Crippen LogP contribution in [0.25, 0.3) is 0 Å². The van der Waals surface area contributed by atoms with E-state index in [0.29, 0.717) is 12.8 Å². The summed E-state index contributed by atoms with van der Waals surface area (Å²) in [5, 5.41) is 0. The molecule has 1 heterocycles. The molecule has 26 heavy (non-hydrogen) atoms. The summed E-state index contributed by atoms with van der Waals surface area (Å²) >= 11 is 6.78. The molecule has 1 aliphatic rings. The molecule has 0 aromatic heterocycles. The van der Waals surface area contributed by atoms with Gasteiger partial charge in [0.15, 0.2) is 0 Å². The number of rotatable bonds is 9. The minimum Gasteiger partial charge on any atom is -0.461 e. The number of halogens is 2. The van der Waals surface area contributed by atoms with Crippen LogP contribution in [0.2, 0.25) is 0 Å². The highest BCUT2D eigenvalue weighted by Crippen LogP contribution is 2.30. The van der Waals surface area contributed by atoms with Crippen molar-refractivity contribution in [3.63, 3.8) is 0 Å². The molecule has 7 heteroatoms. The first-order valence-electron chi connectivity index (χ1n) is 8.67. The van der Waals surface area contributed by atoms with Gasteiger partial charge in [-0.25, -0.2) is 0 Å². The summed E-state index contributed by atoms with van der Waals surface area (Å²) in [6.45, 7) is 4.83. The number of hydrogen-bond donors (Lipinski definition) is 0. The molecule has 1 aliphatic heterocycles. The standard InChI is InChI=1S/C19H26Br2O5/c1-4-5-6-9-16(21)17(24-13(2)22)12-19-18(25-14(3)23)11-15(26-19)8-7-10-20/h5-6,8,10,15-19H,4,9,11-12H2,1-3H3/b6-5+/t7?,15-,16-,17-,18+,19+/m0/s1. The Morgan fingerprint density at radius 3 is 2.62 bits per heavy atom. The highest BCUT2D eigenvalue weighted by Gasteiger charge is 2.39. The molecular weight excluding hydrogens is 468 g/mol. The number of hydrogen-bond acceptors (Lipinski definition) is 5. The van der Waals surface area contributed by atoms with E-state index in [-0.39, 0.29) is 41.2 Å². The minimum absolute atomic E-state index is 0.0483. The van der Waals surface area contributed by atoms with Crippen LogP contribution in [-0.4, -0.2) is 41.2 Å². The highest BCUT2D eigenvalue weighted by molar-refractivity contribution is 9.11. The summed E-state index contributed by atoms with van der Waals surface area (Å²) in [6, 6.07) is 0. The molecule has 0 bridgehead atoms. The third kappa shape index (κ3) is 8.67. The molecule has 0 unspecified atom stereocenters. The van der Waals surface area contributed by atoms with Crippen LogP contribution in [0.1, 0.15) is 46.5 Å². The first kappa shape index (κ1) is 23.2. The summed E-state index contributed by atoms with van der Waals surface area (Å²) in [6.07, 6.45) is 7.26. The lowest BCUT2D eigenvalue weighted by molar-refractivity contribution is -0.154. The zero-order valence-electron chi connectivity index (χ0n) is 15.3. The Morgan fingerprint density at radius 2 is 2.04 bits per heavy atom. The van der Waals surface area contributed by atoms with Crippen LogP contribution >= 0.6 is 31.9 Å². The monoisotopic (exact) mass is 492 g/mol. The number of carbonyl (C=O) groups excluding carboxylic acids is 2. The second-order valence-corrected chi connectivity index (χ2v) is 7.69. The fraction of sp³-hybridized carbons (Fsp3) is 0.632. The predicted octanol–water partition coefficient (Wildman–Crippen LogP) is 4.58. The van der Waals surface area contributed by atoms with Crippen molar-refractivity contribution >= 4 is 43.8 Å². The molecule has 0 radical (unpaired) electrons. The molecule has 1 fully saturated rings. The Bertz CT molecular complexity index is 554. The second kappa shape index (κ2) is 12.5. The predicted molar refractivity (Wildman–Crippen MR) is 107 cm³/mol. The van der Waals surface area contributed by atoms with Gasteiger partial charge in [0.2, 0.25) is 0 Å². The van der Waals surface area contributed by atoms with Gasteiger partial charge in [0.05, 0.1) is 17.0 Å². The van der Waals surface area contributed by atoms with Gasteiger partial charge in [0, 0.05) is 31.7 Å². The summed E-state index contributed by atoms with van der Waals surface area (Å²) in [7, 11) is 0. The molecule has 1 rings (SSSR count). The van der Waals surface area contributed by atoms with Crippen molar-refractivity contribution in [1.29, 1.82) is 0 Å². The van der Waals surface area contributed by atoms with Crippen molar-refractivity contribution in [1.82, 2.24) is 0 Å². The Labute approximate surface area is 172 Å². The number of allylic oxidation sites excluding steroid dienone is 2. The number of carbonyl (C=O) groups is 2. The molecule has 0 spiro atoms. The Hall–Kier alpha value is -0.880. The molecule has 0 aromatic rings. The first-order chi connectivity index (χ1) is 12.4. The van der Waals surface area contributed by atoms with Gasteiger partial charge in [-0.3, -0.25) is 9.59 Å². The van der Waals surface area contributed by atoms with Crippen LogP contribution in [0.15, 0.2) is 28.9 Å².